The van der Waals surface area contributed by atoms with Crippen LogP contribution in [0.3, 0.4) is 0 Å². The first kappa shape index (κ1) is 12.9. The fourth-order valence-electron chi connectivity index (χ4n) is 2.75. The van der Waals surface area contributed by atoms with Crippen molar-refractivity contribution in [3.63, 3.8) is 0 Å². The summed E-state index contributed by atoms with van der Waals surface area (Å²) in [6, 6.07) is 14.6. The van der Waals surface area contributed by atoms with Crippen LogP contribution in [-0.2, 0) is 17.6 Å². The Bertz CT molecular complexity index is 661. The van der Waals surface area contributed by atoms with Crippen LogP contribution in [0.4, 0.5) is 0 Å². The lowest BCUT2D eigenvalue weighted by Crippen LogP contribution is -2.19. The fourth-order valence-corrected chi connectivity index (χ4v) is 2.75. The highest BCUT2D eigenvalue weighted by atomic mass is 16.4. The Kier molecular flexibility index (Phi) is 3.28. The van der Waals surface area contributed by atoms with Gasteiger partial charge in [-0.15, -0.1) is 0 Å². The van der Waals surface area contributed by atoms with Gasteiger partial charge in [-0.1, -0.05) is 42.5 Å². The lowest BCUT2D eigenvalue weighted by atomic mass is 9.99. The van der Waals surface area contributed by atoms with Gasteiger partial charge in [0.1, 0.15) is 0 Å². The normalized spacial score (nSPS) is 13.7. The Morgan fingerprint density at radius 1 is 1.10 bits per heavy atom. The van der Waals surface area contributed by atoms with Crippen LogP contribution in [-0.4, -0.2) is 22.3 Å². The van der Waals surface area contributed by atoms with Gasteiger partial charge in [0.15, 0.2) is 6.10 Å². The third-order valence-corrected chi connectivity index (χ3v) is 3.85. The third-order valence-electron chi connectivity index (χ3n) is 3.85. The van der Waals surface area contributed by atoms with E-state index in [1.54, 1.807) is 0 Å². The summed E-state index contributed by atoms with van der Waals surface area (Å²) < 4.78 is 0. The van der Waals surface area contributed by atoms with Crippen molar-refractivity contribution in [2.75, 3.05) is 0 Å². The Morgan fingerprint density at radius 3 is 2.65 bits per heavy atom. The predicted molar refractivity (Wildman–Crippen MR) is 76.6 cm³/mol. The van der Waals surface area contributed by atoms with Crippen molar-refractivity contribution in [1.82, 2.24) is 0 Å². The average molecular weight is 268 g/mol. The first-order chi connectivity index (χ1) is 9.65. The second kappa shape index (κ2) is 5.10. The zero-order valence-electron chi connectivity index (χ0n) is 11.0. The molecule has 2 N–H and O–H groups in total. The zero-order valence-corrected chi connectivity index (χ0v) is 11.0. The van der Waals surface area contributed by atoms with Gasteiger partial charge in [0, 0.05) is 0 Å². The van der Waals surface area contributed by atoms with Gasteiger partial charge in [-0.05, 0) is 47.1 Å². The second-order valence-electron chi connectivity index (χ2n) is 5.22. The van der Waals surface area contributed by atoms with E-state index in [-0.39, 0.29) is 6.42 Å². The van der Waals surface area contributed by atoms with E-state index in [2.05, 4.69) is 30.3 Å². The number of aliphatic hydroxyl groups is 1. The number of aliphatic carboxylic acids is 1. The van der Waals surface area contributed by atoms with Gasteiger partial charge in [0.25, 0.3) is 0 Å². The van der Waals surface area contributed by atoms with E-state index in [4.69, 9.17) is 5.11 Å². The van der Waals surface area contributed by atoms with Gasteiger partial charge in [-0.3, -0.25) is 0 Å². The van der Waals surface area contributed by atoms with Crippen LogP contribution in [0, 0.1) is 0 Å². The van der Waals surface area contributed by atoms with E-state index in [1.807, 2.05) is 12.1 Å². The summed E-state index contributed by atoms with van der Waals surface area (Å²) in [6.07, 6.45) is 0.498. The number of aryl methyl sites for hydroxylation is 1. The quantitative estimate of drug-likeness (QED) is 0.764. The lowest BCUT2D eigenvalue weighted by molar-refractivity contribution is -0.146. The number of hydrogen-bond donors (Lipinski definition) is 2. The molecular formula is C17H16O3. The van der Waals surface area contributed by atoms with Gasteiger partial charge in [-0.25, -0.2) is 4.79 Å². The van der Waals surface area contributed by atoms with Crippen molar-refractivity contribution in [1.29, 1.82) is 0 Å². The van der Waals surface area contributed by atoms with Crippen molar-refractivity contribution in [2.45, 2.75) is 25.4 Å². The molecule has 0 radical (unpaired) electrons. The molecule has 1 atom stereocenters. The predicted octanol–water partition coefficient (Wildman–Crippen LogP) is 2.64. The second-order valence-corrected chi connectivity index (χ2v) is 5.22. The van der Waals surface area contributed by atoms with Gasteiger partial charge in [-0.2, -0.15) is 0 Å². The van der Waals surface area contributed by atoms with E-state index in [1.165, 1.54) is 22.3 Å². The van der Waals surface area contributed by atoms with Crippen molar-refractivity contribution in [2.24, 2.45) is 0 Å². The molecular weight excluding hydrogens is 252 g/mol. The Hall–Kier alpha value is -2.13. The number of fused-ring (bicyclic) bond motifs is 3. The van der Waals surface area contributed by atoms with E-state index in [0.29, 0.717) is 6.42 Å². The van der Waals surface area contributed by atoms with Crippen molar-refractivity contribution >= 4 is 5.97 Å². The van der Waals surface area contributed by atoms with Gasteiger partial charge < -0.3 is 10.2 Å². The fraction of sp³-hybridized carbons (Fsp3) is 0.235. The monoisotopic (exact) mass is 268 g/mol. The Labute approximate surface area is 117 Å². The van der Waals surface area contributed by atoms with E-state index >= 15 is 0 Å². The van der Waals surface area contributed by atoms with E-state index < -0.39 is 12.1 Å². The zero-order chi connectivity index (χ0) is 14.1. The maximum absolute atomic E-state index is 10.6. The minimum atomic E-state index is -1.28. The minimum absolute atomic E-state index is 0.246. The van der Waals surface area contributed by atoms with E-state index in [9.17, 15) is 9.90 Å². The summed E-state index contributed by atoms with van der Waals surface area (Å²) in [5.74, 6) is -1.16. The molecule has 3 rings (SSSR count). The summed E-state index contributed by atoms with van der Waals surface area (Å²) >= 11 is 0. The maximum atomic E-state index is 10.6. The average Bonchev–Trinajstić information content (AvgIpc) is 2.82. The number of hydrogen-bond acceptors (Lipinski definition) is 2. The molecule has 2 aromatic rings. The number of carbonyl (C=O) groups is 1. The molecule has 0 saturated heterocycles. The SMILES string of the molecule is O=C(O)C(O)CCc1ccc2c(c1)-c1ccccc1C2. The third kappa shape index (κ3) is 2.32. The number of carboxylic acids is 1. The summed E-state index contributed by atoms with van der Waals surface area (Å²) in [7, 11) is 0. The highest BCUT2D eigenvalue weighted by molar-refractivity contribution is 5.77. The molecule has 1 aliphatic carbocycles. The summed E-state index contributed by atoms with van der Waals surface area (Å²) in [4.78, 5) is 10.6. The van der Waals surface area contributed by atoms with Gasteiger partial charge in [0.2, 0.25) is 0 Å². The molecule has 0 heterocycles. The van der Waals surface area contributed by atoms with Crippen LogP contribution in [0.5, 0.6) is 0 Å². The number of benzene rings is 2. The van der Waals surface area contributed by atoms with Crippen LogP contribution >= 0.6 is 0 Å². The van der Waals surface area contributed by atoms with Gasteiger partial charge in [0.05, 0.1) is 0 Å². The molecule has 0 saturated carbocycles. The highest BCUT2D eigenvalue weighted by Gasteiger charge is 2.18. The summed E-state index contributed by atoms with van der Waals surface area (Å²) in [5, 5.41) is 18.0. The lowest BCUT2D eigenvalue weighted by Gasteiger charge is -2.08. The maximum Gasteiger partial charge on any atom is 0.332 e. The highest BCUT2D eigenvalue weighted by Crippen LogP contribution is 2.36. The molecule has 3 nitrogen and oxygen atoms in total. The molecule has 0 spiro atoms. The molecule has 20 heavy (non-hydrogen) atoms. The minimum Gasteiger partial charge on any atom is -0.479 e. The molecule has 0 fully saturated rings. The molecule has 2 aromatic carbocycles. The molecule has 3 heteroatoms. The molecule has 0 amide bonds. The van der Waals surface area contributed by atoms with Gasteiger partial charge >= 0.3 is 5.97 Å². The van der Waals surface area contributed by atoms with Crippen molar-refractivity contribution in [3.05, 3.63) is 59.2 Å². The van der Waals surface area contributed by atoms with Crippen LogP contribution in [0.25, 0.3) is 11.1 Å². The summed E-state index contributed by atoms with van der Waals surface area (Å²) in [5.41, 5.74) is 6.23. The Balaban J connectivity index is 1.83. The molecule has 1 aliphatic rings. The topological polar surface area (TPSA) is 57.5 Å². The molecule has 0 bridgehead atoms. The molecule has 1 unspecified atom stereocenters. The molecule has 0 aliphatic heterocycles. The molecule has 102 valence electrons. The first-order valence-electron chi connectivity index (χ1n) is 6.76. The largest absolute Gasteiger partial charge is 0.479 e. The molecule has 0 aromatic heterocycles. The standard InChI is InChI=1S/C17H16O3/c18-16(17(19)20)8-6-11-5-7-13-10-12-3-1-2-4-14(12)15(13)9-11/h1-5,7,9,16,18H,6,8,10H2,(H,19,20). The van der Waals surface area contributed by atoms with Crippen LogP contribution in [0.15, 0.2) is 42.5 Å². The van der Waals surface area contributed by atoms with E-state index in [0.717, 1.165) is 12.0 Å². The first-order valence-corrected chi connectivity index (χ1v) is 6.76. The van der Waals surface area contributed by atoms with Crippen molar-refractivity contribution in [3.8, 4) is 11.1 Å². The Morgan fingerprint density at radius 2 is 1.85 bits per heavy atom. The number of aliphatic hydroxyl groups excluding tert-OH is 1. The number of rotatable bonds is 4. The van der Waals surface area contributed by atoms with Crippen LogP contribution in [0.2, 0.25) is 0 Å². The smallest absolute Gasteiger partial charge is 0.332 e. The van der Waals surface area contributed by atoms with Crippen LogP contribution < -0.4 is 0 Å². The summed E-state index contributed by atoms with van der Waals surface area (Å²) in [6.45, 7) is 0. The van der Waals surface area contributed by atoms with Crippen LogP contribution in [0.1, 0.15) is 23.1 Å². The van der Waals surface area contributed by atoms with Crippen molar-refractivity contribution < 1.29 is 15.0 Å². The number of carboxylic acid groups (broad SMARTS) is 1.